The summed E-state index contributed by atoms with van der Waals surface area (Å²) in [7, 11) is 2.57. The first-order chi connectivity index (χ1) is 30.0. The molecule has 0 spiro atoms. The number of nitrogens with one attached hydrogen (secondary N) is 1. The fourth-order valence-electron chi connectivity index (χ4n) is 8.94. The first kappa shape index (κ1) is 50.7. The summed E-state index contributed by atoms with van der Waals surface area (Å²) in [5.41, 5.74) is 15.6. The number of carbonyl (C=O) groups excluding carboxylic acids is 1. The van der Waals surface area contributed by atoms with Crippen molar-refractivity contribution in [2.24, 2.45) is 11.8 Å². The lowest BCUT2D eigenvalue weighted by Crippen LogP contribution is -2.23. The summed E-state index contributed by atoms with van der Waals surface area (Å²) in [6.07, 6.45) is 20.4. The van der Waals surface area contributed by atoms with Crippen LogP contribution in [0.25, 0.3) is 11.1 Å². The van der Waals surface area contributed by atoms with Crippen LogP contribution in [0.2, 0.25) is 0 Å². The summed E-state index contributed by atoms with van der Waals surface area (Å²) >= 11 is 0. The van der Waals surface area contributed by atoms with Gasteiger partial charge in [0.1, 0.15) is 12.0 Å². The van der Waals surface area contributed by atoms with E-state index in [2.05, 4.69) is 120 Å². The van der Waals surface area contributed by atoms with Crippen LogP contribution in [0.15, 0.2) is 66.7 Å². The van der Waals surface area contributed by atoms with Crippen LogP contribution in [-0.4, -0.2) is 50.0 Å². The fraction of sp³-hybridized carbons (Fsp3) is 0.536. The SMILES string of the molecule is CCC.CCCCCC=O.CCc1cc(C)c(O)cc1CC(C)Cc1cc(C#N)cc(C2CN2)c1.Cc1c(-c2cccc3c2CCC3)cccc1N(C)CCP1CCC(C)CC1. The third kappa shape index (κ3) is 15.7. The lowest BCUT2D eigenvalue weighted by atomic mass is 9.89. The van der Waals surface area contributed by atoms with Crippen molar-refractivity contribution in [1.82, 2.24) is 5.32 Å². The number of unbranched alkanes of at least 4 members (excludes halogenated alkanes) is 3. The van der Waals surface area contributed by atoms with Gasteiger partial charge in [0, 0.05) is 38.3 Å². The van der Waals surface area contributed by atoms with Gasteiger partial charge in [-0.15, -0.1) is 7.92 Å². The minimum Gasteiger partial charge on any atom is -0.508 e. The van der Waals surface area contributed by atoms with Crippen LogP contribution in [0.5, 0.6) is 5.75 Å². The zero-order chi connectivity index (χ0) is 45.0. The van der Waals surface area contributed by atoms with E-state index in [1.807, 2.05) is 25.1 Å². The van der Waals surface area contributed by atoms with Crippen molar-refractivity contribution < 1.29 is 9.90 Å². The minimum absolute atomic E-state index is 0.272. The zero-order valence-corrected chi connectivity index (χ0v) is 41.0. The lowest BCUT2D eigenvalue weighted by molar-refractivity contribution is -0.107. The van der Waals surface area contributed by atoms with Gasteiger partial charge in [-0.1, -0.05) is 103 Å². The predicted octanol–water partition coefficient (Wildman–Crippen LogP) is 13.9. The van der Waals surface area contributed by atoms with E-state index in [1.165, 1.54) is 121 Å². The summed E-state index contributed by atoms with van der Waals surface area (Å²) in [5.74, 6) is 1.79. The Hall–Kier alpha value is -3.97. The molecule has 4 aromatic carbocycles. The molecule has 2 unspecified atom stereocenters. The molecule has 6 heteroatoms. The van der Waals surface area contributed by atoms with Gasteiger partial charge in [-0.2, -0.15) is 5.26 Å². The Kier molecular flexibility index (Phi) is 21.7. The van der Waals surface area contributed by atoms with Gasteiger partial charge in [0.2, 0.25) is 0 Å². The standard InChI is InChI=1S/C25H34NP.C22H26N2O.C6H12O.C3H8/c1-19-13-16-27(17-14-19)18-15-26(3)25-12-6-9-22(20(25)2)24-11-5-8-21-7-4-10-23(21)24;1-4-18-7-15(3)22(25)11-19(18)6-14(2)5-16-8-17(12-23)10-20(9-16)21-13-24-21;1-2-3-4-5-6-7;1-3-2/h5-6,8-9,11-12,19H,4,7,10,13-18H2,1-3H3;7-11,14,21,24-25H,4-6,13H2,1-3H3;6H,2-5H2,1H3;3H2,1-2H3. The second-order valence-electron chi connectivity index (χ2n) is 18.4. The number of phenols is 1. The average Bonchev–Trinajstić information content (AvgIpc) is 4.01. The highest BCUT2D eigenvalue weighted by Crippen LogP contribution is 2.44. The minimum atomic E-state index is 0.272. The third-order valence-electron chi connectivity index (χ3n) is 12.7. The van der Waals surface area contributed by atoms with Gasteiger partial charge in [-0.3, -0.25) is 0 Å². The molecular weight excluding hydrogens is 778 g/mol. The quantitative estimate of drug-likeness (QED) is 0.0538. The smallest absolute Gasteiger partial charge is 0.119 e. The van der Waals surface area contributed by atoms with E-state index < -0.39 is 0 Å². The van der Waals surface area contributed by atoms with Crippen molar-refractivity contribution in [2.45, 2.75) is 145 Å². The molecule has 0 radical (unpaired) electrons. The van der Waals surface area contributed by atoms with Crippen molar-refractivity contribution in [1.29, 1.82) is 5.26 Å². The molecule has 4 aromatic rings. The number of hydrogen-bond acceptors (Lipinski definition) is 5. The first-order valence-corrected chi connectivity index (χ1v) is 26.0. The van der Waals surface area contributed by atoms with E-state index in [9.17, 15) is 15.2 Å². The number of aryl methyl sites for hydroxylation is 3. The van der Waals surface area contributed by atoms with Crippen LogP contribution in [0.4, 0.5) is 5.69 Å². The predicted molar refractivity (Wildman–Crippen MR) is 269 cm³/mol. The number of aromatic hydroxyl groups is 1. The summed E-state index contributed by atoms with van der Waals surface area (Å²) in [6.45, 7) is 19.7. The molecule has 2 heterocycles. The van der Waals surface area contributed by atoms with Gasteiger partial charge in [0.25, 0.3) is 0 Å². The maximum atomic E-state index is 10.1. The zero-order valence-electron chi connectivity index (χ0n) is 40.1. The monoisotopic (exact) mass is 858 g/mol. The van der Waals surface area contributed by atoms with Crippen LogP contribution in [0.3, 0.4) is 0 Å². The molecule has 2 fully saturated rings. The van der Waals surface area contributed by atoms with Crippen LogP contribution < -0.4 is 10.2 Å². The molecule has 5 nitrogen and oxygen atoms in total. The largest absolute Gasteiger partial charge is 0.508 e. The van der Waals surface area contributed by atoms with E-state index in [-0.39, 0.29) is 7.92 Å². The highest BCUT2D eigenvalue weighted by Gasteiger charge is 2.24. The number of phenolic OH excluding ortho intramolecular Hbond substituents is 1. The van der Waals surface area contributed by atoms with Crippen molar-refractivity contribution in [2.75, 3.05) is 43.5 Å². The normalized spacial score (nSPS) is 17.7. The molecule has 2 aliphatic heterocycles. The number of carbonyl (C=O) groups is 1. The van der Waals surface area contributed by atoms with E-state index in [0.29, 0.717) is 17.7 Å². The molecule has 2 saturated heterocycles. The van der Waals surface area contributed by atoms with Crippen molar-refractivity contribution >= 4 is 19.9 Å². The topological polar surface area (TPSA) is 86.3 Å². The molecule has 336 valence electrons. The Morgan fingerprint density at radius 1 is 0.935 bits per heavy atom. The molecule has 2 N–H and O–H groups in total. The number of rotatable bonds is 15. The number of benzene rings is 4. The fourth-order valence-corrected chi connectivity index (χ4v) is 11.8. The number of nitriles is 1. The van der Waals surface area contributed by atoms with Crippen LogP contribution in [-0.2, 0) is 36.9 Å². The van der Waals surface area contributed by atoms with Crippen molar-refractivity contribution in [3.05, 3.63) is 117 Å². The van der Waals surface area contributed by atoms with Gasteiger partial charge in [0.05, 0.1) is 11.6 Å². The Bertz CT molecular complexity index is 2020. The number of anilines is 1. The third-order valence-corrected chi connectivity index (χ3v) is 15.3. The molecule has 1 aliphatic carbocycles. The summed E-state index contributed by atoms with van der Waals surface area (Å²) < 4.78 is 0. The lowest BCUT2D eigenvalue weighted by Gasteiger charge is -2.30. The second kappa shape index (κ2) is 26.6. The Morgan fingerprint density at radius 3 is 2.31 bits per heavy atom. The number of nitrogens with zero attached hydrogens (tertiary/aromatic N) is 2. The van der Waals surface area contributed by atoms with Gasteiger partial charge in [-0.05, 0) is 182 Å². The highest BCUT2D eigenvalue weighted by molar-refractivity contribution is 7.57. The van der Waals surface area contributed by atoms with Crippen molar-refractivity contribution in [3.8, 4) is 22.9 Å². The molecule has 0 bridgehead atoms. The highest BCUT2D eigenvalue weighted by atomic mass is 31.1. The van der Waals surface area contributed by atoms with Gasteiger partial charge >= 0.3 is 0 Å². The Balaban J connectivity index is 0.000000225. The van der Waals surface area contributed by atoms with Crippen LogP contribution in [0, 0.1) is 37.0 Å². The molecular formula is C56H80N3O2P. The number of fused-ring (bicyclic) bond motifs is 1. The van der Waals surface area contributed by atoms with Crippen LogP contribution in [0.1, 0.15) is 149 Å². The number of hydrogen-bond donors (Lipinski definition) is 2. The summed E-state index contributed by atoms with van der Waals surface area (Å²) in [5, 5.41) is 22.6. The molecule has 62 heavy (non-hydrogen) atoms. The van der Waals surface area contributed by atoms with E-state index in [4.69, 9.17) is 0 Å². The number of aldehydes is 1. The average molecular weight is 858 g/mol. The van der Waals surface area contributed by atoms with Gasteiger partial charge < -0.3 is 20.1 Å². The molecule has 0 aromatic heterocycles. The van der Waals surface area contributed by atoms with Crippen molar-refractivity contribution in [3.63, 3.8) is 0 Å². The molecule has 0 saturated carbocycles. The summed E-state index contributed by atoms with van der Waals surface area (Å²) in [6, 6.07) is 26.8. The first-order valence-electron chi connectivity index (χ1n) is 24.1. The van der Waals surface area contributed by atoms with Gasteiger partial charge in [0.15, 0.2) is 0 Å². The summed E-state index contributed by atoms with van der Waals surface area (Å²) in [4.78, 5) is 12.2. The molecule has 0 amide bonds. The van der Waals surface area contributed by atoms with E-state index in [0.717, 1.165) is 62.0 Å². The molecule has 3 aliphatic rings. The molecule has 2 atom stereocenters. The van der Waals surface area contributed by atoms with E-state index in [1.54, 1.807) is 11.1 Å². The Labute approximate surface area is 378 Å². The maximum absolute atomic E-state index is 10.1. The maximum Gasteiger partial charge on any atom is 0.119 e. The Morgan fingerprint density at radius 2 is 1.65 bits per heavy atom. The van der Waals surface area contributed by atoms with E-state index >= 15 is 0 Å². The van der Waals surface area contributed by atoms with Gasteiger partial charge in [-0.25, -0.2) is 0 Å². The second-order valence-corrected chi connectivity index (χ2v) is 21.1. The van der Waals surface area contributed by atoms with Crippen LogP contribution >= 0.6 is 7.92 Å². The molecule has 7 rings (SSSR count).